The summed E-state index contributed by atoms with van der Waals surface area (Å²) in [7, 11) is 0. The summed E-state index contributed by atoms with van der Waals surface area (Å²) in [6, 6.07) is 8.29. The topological polar surface area (TPSA) is 71.1 Å². The molecule has 2 aromatic rings. The number of amides is 1. The van der Waals surface area contributed by atoms with Crippen LogP contribution in [0, 0.1) is 0 Å². The molecule has 0 unspecified atom stereocenters. The minimum Gasteiger partial charge on any atom is -0.366 e. The quantitative estimate of drug-likeness (QED) is 0.936. The van der Waals surface area contributed by atoms with Gasteiger partial charge in [-0.25, -0.2) is 4.98 Å². The lowest BCUT2D eigenvalue weighted by molar-refractivity contribution is -0.140. The predicted octanol–water partition coefficient (Wildman–Crippen LogP) is 2.00. The Morgan fingerprint density at radius 2 is 2.29 bits per heavy atom. The number of H-pyrrole nitrogens is 1. The van der Waals surface area contributed by atoms with E-state index in [0.29, 0.717) is 25.5 Å². The highest BCUT2D eigenvalue weighted by atomic mass is 16.5. The van der Waals surface area contributed by atoms with Gasteiger partial charge in [0.15, 0.2) is 5.82 Å². The zero-order valence-corrected chi connectivity index (χ0v) is 13.9. The van der Waals surface area contributed by atoms with Gasteiger partial charge < -0.3 is 9.64 Å². The number of carbonyl (C=O) groups excluding carboxylic acids is 1. The number of aryl methyl sites for hydroxylation is 2. The van der Waals surface area contributed by atoms with Crippen molar-refractivity contribution in [3.05, 3.63) is 47.0 Å². The highest BCUT2D eigenvalue weighted by molar-refractivity contribution is 5.85. The first-order valence-electron chi connectivity index (χ1n) is 8.65. The second kappa shape index (κ2) is 6.36. The minimum absolute atomic E-state index is 0.0155. The van der Waals surface area contributed by atoms with Crippen LogP contribution in [0.4, 0.5) is 0 Å². The van der Waals surface area contributed by atoms with Crippen LogP contribution in [0.15, 0.2) is 24.3 Å². The third kappa shape index (κ3) is 2.71. The van der Waals surface area contributed by atoms with Crippen molar-refractivity contribution in [3.63, 3.8) is 0 Å². The van der Waals surface area contributed by atoms with Gasteiger partial charge >= 0.3 is 0 Å². The van der Waals surface area contributed by atoms with Crippen molar-refractivity contribution in [1.29, 1.82) is 0 Å². The molecule has 2 atom stereocenters. The number of ether oxygens (including phenoxy) is 1. The first kappa shape index (κ1) is 15.3. The van der Waals surface area contributed by atoms with Gasteiger partial charge in [0.1, 0.15) is 11.9 Å². The van der Waals surface area contributed by atoms with Crippen LogP contribution in [0.2, 0.25) is 0 Å². The van der Waals surface area contributed by atoms with Gasteiger partial charge in [-0.15, -0.1) is 0 Å². The summed E-state index contributed by atoms with van der Waals surface area (Å²) in [4.78, 5) is 19.4. The van der Waals surface area contributed by atoms with Crippen molar-refractivity contribution in [1.82, 2.24) is 20.1 Å². The second-order valence-corrected chi connectivity index (χ2v) is 6.43. The fourth-order valence-corrected chi connectivity index (χ4v) is 3.65. The highest BCUT2D eigenvalue weighted by Crippen LogP contribution is 2.35. The second-order valence-electron chi connectivity index (χ2n) is 6.43. The van der Waals surface area contributed by atoms with Crippen LogP contribution in [0.25, 0.3) is 0 Å². The number of rotatable bonds is 3. The summed E-state index contributed by atoms with van der Waals surface area (Å²) in [5.41, 5.74) is 2.50. The molecule has 24 heavy (non-hydrogen) atoms. The van der Waals surface area contributed by atoms with Crippen molar-refractivity contribution < 1.29 is 9.53 Å². The largest absolute Gasteiger partial charge is 0.366 e. The van der Waals surface area contributed by atoms with E-state index in [4.69, 9.17) is 4.74 Å². The zero-order valence-electron chi connectivity index (χ0n) is 13.9. The molecular formula is C18H22N4O2. The maximum absolute atomic E-state index is 13.0. The Hall–Kier alpha value is -2.21. The standard InChI is InChI=1S/C18H22N4O2/c1-2-16-19-17(21-20-16)15-11-22(9-10-24-15)18(23)14-8-7-12-5-3-4-6-13(12)14/h3-6,14-15H,2,7-11H2,1H3,(H,19,20,21)/t14-,15-/m0/s1. The molecule has 0 saturated carbocycles. The van der Waals surface area contributed by atoms with Crippen molar-refractivity contribution in [2.75, 3.05) is 19.7 Å². The Bertz CT molecular complexity index is 742. The molecule has 1 aliphatic carbocycles. The maximum Gasteiger partial charge on any atom is 0.230 e. The van der Waals surface area contributed by atoms with Gasteiger partial charge in [-0.3, -0.25) is 9.89 Å². The fraction of sp³-hybridized carbons (Fsp3) is 0.500. The molecule has 6 heteroatoms. The molecular weight excluding hydrogens is 304 g/mol. The van der Waals surface area contributed by atoms with E-state index in [-0.39, 0.29) is 17.9 Å². The van der Waals surface area contributed by atoms with E-state index in [1.807, 2.05) is 24.0 Å². The van der Waals surface area contributed by atoms with E-state index in [0.717, 1.165) is 25.1 Å². The lowest BCUT2D eigenvalue weighted by Crippen LogP contribution is -2.44. The number of nitrogens with zero attached hydrogens (tertiary/aromatic N) is 3. The molecule has 1 aromatic carbocycles. The van der Waals surface area contributed by atoms with Crippen LogP contribution < -0.4 is 0 Å². The van der Waals surface area contributed by atoms with Crippen molar-refractivity contribution in [2.24, 2.45) is 0 Å². The summed E-state index contributed by atoms with van der Waals surface area (Å²) in [6.07, 6.45) is 2.46. The van der Waals surface area contributed by atoms with E-state index in [1.165, 1.54) is 11.1 Å². The van der Waals surface area contributed by atoms with Gasteiger partial charge in [0.2, 0.25) is 5.91 Å². The number of fused-ring (bicyclic) bond motifs is 1. The van der Waals surface area contributed by atoms with Crippen molar-refractivity contribution in [2.45, 2.75) is 38.2 Å². The van der Waals surface area contributed by atoms with Crippen LogP contribution in [0.1, 0.15) is 48.1 Å². The zero-order chi connectivity index (χ0) is 16.5. The van der Waals surface area contributed by atoms with Crippen LogP contribution in [0.3, 0.4) is 0 Å². The minimum atomic E-state index is -0.240. The Balaban J connectivity index is 1.49. The first-order valence-corrected chi connectivity index (χ1v) is 8.65. The van der Waals surface area contributed by atoms with Crippen LogP contribution >= 0.6 is 0 Å². The molecule has 0 radical (unpaired) electrons. The van der Waals surface area contributed by atoms with Gasteiger partial charge in [-0.05, 0) is 24.0 Å². The molecule has 1 aromatic heterocycles. The number of hydrogen-bond acceptors (Lipinski definition) is 4. The van der Waals surface area contributed by atoms with E-state index in [1.54, 1.807) is 0 Å². The Kier molecular flexibility index (Phi) is 4.06. The van der Waals surface area contributed by atoms with Gasteiger partial charge in [0, 0.05) is 13.0 Å². The van der Waals surface area contributed by atoms with Crippen LogP contribution in [-0.2, 0) is 22.4 Å². The molecule has 6 nitrogen and oxygen atoms in total. The molecule has 1 saturated heterocycles. The molecule has 1 amide bonds. The monoisotopic (exact) mass is 326 g/mol. The Morgan fingerprint density at radius 3 is 3.12 bits per heavy atom. The van der Waals surface area contributed by atoms with E-state index >= 15 is 0 Å². The number of aromatic amines is 1. The summed E-state index contributed by atoms with van der Waals surface area (Å²) < 4.78 is 5.80. The van der Waals surface area contributed by atoms with Crippen molar-refractivity contribution >= 4 is 5.91 Å². The number of nitrogens with one attached hydrogen (secondary N) is 1. The molecule has 1 aliphatic heterocycles. The summed E-state index contributed by atoms with van der Waals surface area (Å²) in [5.74, 6) is 1.69. The average Bonchev–Trinajstić information content (AvgIpc) is 3.28. The number of benzene rings is 1. The summed E-state index contributed by atoms with van der Waals surface area (Å²) >= 11 is 0. The van der Waals surface area contributed by atoms with Gasteiger partial charge in [0.05, 0.1) is 19.1 Å². The number of aromatic nitrogens is 3. The van der Waals surface area contributed by atoms with Crippen LogP contribution in [0.5, 0.6) is 0 Å². The number of carbonyl (C=O) groups is 1. The molecule has 1 N–H and O–H groups in total. The predicted molar refractivity (Wildman–Crippen MR) is 88.5 cm³/mol. The first-order chi connectivity index (χ1) is 11.8. The van der Waals surface area contributed by atoms with Crippen molar-refractivity contribution in [3.8, 4) is 0 Å². The molecule has 1 fully saturated rings. The molecule has 126 valence electrons. The highest BCUT2D eigenvalue weighted by Gasteiger charge is 2.35. The summed E-state index contributed by atoms with van der Waals surface area (Å²) in [6.45, 7) is 3.72. The lowest BCUT2D eigenvalue weighted by Gasteiger charge is -2.33. The number of morpholine rings is 1. The SMILES string of the molecule is CCc1nc([C@@H]2CN(C(=O)[C@H]3CCc4ccccc43)CCO2)n[nH]1. The van der Waals surface area contributed by atoms with E-state index < -0.39 is 0 Å². The lowest BCUT2D eigenvalue weighted by atomic mass is 9.99. The molecule has 2 heterocycles. The van der Waals surface area contributed by atoms with Gasteiger partial charge in [-0.2, -0.15) is 5.10 Å². The smallest absolute Gasteiger partial charge is 0.230 e. The van der Waals surface area contributed by atoms with E-state index in [9.17, 15) is 4.79 Å². The van der Waals surface area contributed by atoms with Gasteiger partial charge in [-0.1, -0.05) is 31.2 Å². The van der Waals surface area contributed by atoms with Crippen LogP contribution in [-0.4, -0.2) is 45.7 Å². The maximum atomic E-state index is 13.0. The molecule has 0 bridgehead atoms. The normalized spacial score (nSPS) is 23.3. The van der Waals surface area contributed by atoms with E-state index in [2.05, 4.69) is 27.3 Å². The molecule has 2 aliphatic rings. The Labute approximate surface area is 141 Å². The average molecular weight is 326 g/mol. The third-order valence-electron chi connectivity index (χ3n) is 4.98. The molecule has 0 spiro atoms. The van der Waals surface area contributed by atoms with Gasteiger partial charge in [0.25, 0.3) is 0 Å². The summed E-state index contributed by atoms with van der Waals surface area (Å²) in [5, 5.41) is 7.16. The Morgan fingerprint density at radius 1 is 1.42 bits per heavy atom. The third-order valence-corrected chi connectivity index (χ3v) is 4.98. The molecule has 4 rings (SSSR count). The number of hydrogen-bond donors (Lipinski definition) is 1. The fourth-order valence-electron chi connectivity index (χ4n) is 3.65.